The Bertz CT molecular complexity index is 716. The van der Waals surface area contributed by atoms with E-state index in [0.29, 0.717) is 10.9 Å². The van der Waals surface area contributed by atoms with Crippen LogP contribution in [0.1, 0.15) is 11.1 Å². The van der Waals surface area contributed by atoms with Crippen molar-refractivity contribution in [3.8, 4) is 0 Å². The summed E-state index contributed by atoms with van der Waals surface area (Å²) in [6.07, 6.45) is 2.09. The molecule has 1 aromatic carbocycles. The van der Waals surface area contributed by atoms with Gasteiger partial charge in [0.15, 0.2) is 0 Å². The molecule has 2 rings (SSSR count). The molecule has 1 heterocycles. The summed E-state index contributed by atoms with van der Waals surface area (Å²) < 4.78 is 13.5. The van der Waals surface area contributed by atoms with Gasteiger partial charge in [-0.2, -0.15) is 0 Å². The van der Waals surface area contributed by atoms with Crippen molar-refractivity contribution < 1.29 is 14.3 Å². The van der Waals surface area contributed by atoms with Gasteiger partial charge in [-0.1, -0.05) is 12.1 Å². The molecule has 0 aliphatic rings. The number of fused-ring (bicyclic) bond motifs is 1. The molecule has 0 bridgehead atoms. The minimum Gasteiger partial charge on any atom is -0.478 e. The van der Waals surface area contributed by atoms with Crippen LogP contribution in [0.3, 0.4) is 0 Å². The molecule has 0 saturated carbocycles. The van der Waals surface area contributed by atoms with E-state index in [0.717, 1.165) is 6.08 Å². The molecule has 0 aliphatic carbocycles. The second-order valence-corrected chi connectivity index (χ2v) is 3.83. The quantitative estimate of drug-likeness (QED) is 0.798. The number of hydrogen-bond donors (Lipinski definition) is 2. The van der Waals surface area contributed by atoms with Gasteiger partial charge < -0.3 is 10.1 Å². The van der Waals surface area contributed by atoms with Gasteiger partial charge >= 0.3 is 5.97 Å². The van der Waals surface area contributed by atoms with E-state index in [1.807, 2.05) is 0 Å². The fourth-order valence-electron chi connectivity index (χ4n) is 1.82. The van der Waals surface area contributed by atoms with Crippen LogP contribution in [-0.2, 0) is 4.79 Å². The Hall–Kier alpha value is -2.43. The zero-order valence-electron chi connectivity index (χ0n) is 9.53. The summed E-state index contributed by atoms with van der Waals surface area (Å²) in [6, 6.07) is 4.46. The molecule has 2 aromatic rings. The minimum absolute atomic E-state index is 0.132. The Labute approximate surface area is 101 Å². The van der Waals surface area contributed by atoms with E-state index in [9.17, 15) is 14.0 Å². The average Bonchev–Trinajstić information content (AvgIpc) is 2.30. The Balaban J connectivity index is 2.78. The van der Waals surface area contributed by atoms with Crippen LogP contribution in [0.4, 0.5) is 4.39 Å². The molecule has 0 radical (unpaired) electrons. The third kappa shape index (κ3) is 2.02. The van der Waals surface area contributed by atoms with Crippen molar-refractivity contribution in [3.63, 3.8) is 0 Å². The molecule has 0 aliphatic heterocycles. The van der Waals surface area contributed by atoms with Crippen molar-refractivity contribution in [1.29, 1.82) is 0 Å². The predicted octanol–water partition coefficient (Wildman–Crippen LogP) is 2.07. The summed E-state index contributed by atoms with van der Waals surface area (Å²) in [7, 11) is 0. The van der Waals surface area contributed by atoms with Crippen molar-refractivity contribution >= 4 is 22.9 Å². The van der Waals surface area contributed by atoms with Gasteiger partial charge in [0.05, 0.1) is 5.52 Å². The summed E-state index contributed by atoms with van der Waals surface area (Å²) in [5.74, 6) is -1.66. The summed E-state index contributed by atoms with van der Waals surface area (Å²) in [5, 5.41) is 9.11. The van der Waals surface area contributed by atoms with Crippen LogP contribution in [0.15, 0.2) is 29.1 Å². The lowest BCUT2D eigenvalue weighted by atomic mass is 10.0. The number of aryl methyl sites for hydroxylation is 1. The lowest BCUT2D eigenvalue weighted by Gasteiger charge is -2.05. The molecule has 0 unspecified atom stereocenters. The van der Waals surface area contributed by atoms with E-state index < -0.39 is 17.3 Å². The van der Waals surface area contributed by atoms with Crippen LogP contribution < -0.4 is 5.56 Å². The van der Waals surface area contributed by atoms with E-state index in [1.165, 1.54) is 18.2 Å². The zero-order chi connectivity index (χ0) is 13.3. The van der Waals surface area contributed by atoms with Crippen molar-refractivity contribution in [1.82, 2.24) is 4.98 Å². The van der Waals surface area contributed by atoms with Crippen molar-refractivity contribution in [2.24, 2.45) is 0 Å². The SMILES string of the molecule is Cc1c(/C=C/C(=O)O)c(=O)[nH]c2c(F)cccc12. The normalized spacial score (nSPS) is 11.2. The van der Waals surface area contributed by atoms with Gasteiger partial charge in [0.1, 0.15) is 5.82 Å². The first-order valence-electron chi connectivity index (χ1n) is 5.23. The van der Waals surface area contributed by atoms with Gasteiger partial charge in [-0.25, -0.2) is 9.18 Å². The number of hydrogen-bond acceptors (Lipinski definition) is 2. The molecule has 0 spiro atoms. The fraction of sp³-hybridized carbons (Fsp3) is 0.0769. The van der Waals surface area contributed by atoms with Crippen molar-refractivity contribution in [3.05, 3.63) is 51.6 Å². The number of nitrogens with one attached hydrogen (secondary N) is 1. The first-order valence-corrected chi connectivity index (χ1v) is 5.23. The highest BCUT2D eigenvalue weighted by Gasteiger charge is 2.09. The summed E-state index contributed by atoms with van der Waals surface area (Å²) >= 11 is 0. The van der Waals surface area contributed by atoms with Gasteiger partial charge in [-0.15, -0.1) is 0 Å². The highest BCUT2D eigenvalue weighted by Crippen LogP contribution is 2.20. The van der Waals surface area contributed by atoms with Crippen LogP contribution in [0.2, 0.25) is 0 Å². The fourth-order valence-corrected chi connectivity index (χ4v) is 1.82. The minimum atomic E-state index is -1.15. The second-order valence-electron chi connectivity index (χ2n) is 3.83. The predicted molar refractivity (Wildman–Crippen MR) is 65.9 cm³/mol. The van der Waals surface area contributed by atoms with Gasteiger partial charge in [-0.05, 0) is 24.6 Å². The smallest absolute Gasteiger partial charge is 0.328 e. The summed E-state index contributed by atoms with van der Waals surface area (Å²) in [6.45, 7) is 1.65. The monoisotopic (exact) mass is 247 g/mol. The number of carboxylic acids is 1. The standard InChI is InChI=1S/C13H10FNO3/c1-7-8-3-2-4-10(14)12(8)15-13(18)9(7)5-6-11(16)17/h2-6H,1H3,(H,15,18)(H,16,17)/b6-5+. The van der Waals surface area contributed by atoms with Crippen LogP contribution in [0, 0.1) is 12.7 Å². The first kappa shape index (κ1) is 12.0. The highest BCUT2D eigenvalue weighted by molar-refractivity contribution is 5.89. The maximum Gasteiger partial charge on any atom is 0.328 e. The number of rotatable bonds is 2. The number of benzene rings is 1. The van der Waals surface area contributed by atoms with Crippen LogP contribution in [-0.4, -0.2) is 16.1 Å². The summed E-state index contributed by atoms with van der Waals surface area (Å²) in [4.78, 5) is 24.6. The molecule has 0 amide bonds. The summed E-state index contributed by atoms with van der Waals surface area (Å²) in [5.41, 5.74) is 0.385. The molecule has 92 valence electrons. The average molecular weight is 247 g/mol. The number of aliphatic carboxylic acids is 1. The van der Waals surface area contributed by atoms with E-state index in [2.05, 4.69) is 4.98 Å². The van der Waals surface area contributed by atoms with Gasteiger partial charge in [0, 0.05) is 17.0 Å². The van der Waals surface area contributed by atoms with Crippen molar-refractivity contribution in [2.45, 2.75) is 6.92 Å². The third-order valence-electron chi connectivity index (χ3n) is 2.70. The molecular formula is C13H10FNO3. The van der Waals surface area contributed by atoms with Crippen molar-refractivity contribution in [2.75, 3.05) is 0 Å². The maximum absolute atomic E-state index is 13.5. The largest absolute Gasteiger partial charge is 0.478 e. The maximum atomic E-state index is 13.5. The third-order valence-corrected chi connectivity index (χ3v) is 2.70. The topological polar surface area (TPSA) is 70.2 Å². The van der Waals surface area contributed by atoms with Gasteiger partial charge in [0.25, 0.3) is 5.56 Å². The molecule has 0 atom stereocenters. The molecular weight excluding hydrogens is 237 g/mol. The number of carboxylic acid groups (broad SMARTS) is 1. The molecule has 0 fully saturated rings. The number of carbonyl (C=O) groups is 1. The van der Waals surface area contributed by atoms with E-state index in [4.69, 9.17) is 5.11 Å². The number of aromatic amines is 1. The lowest BCUT2D eigenvalue weighted by molar-refractivity contribution is -0.131. The number of halogens is 1. The number of aromatic nitrogens is 1. The molecule has 2 N–H and O–H groups in total. The molecule has 0 saturated heterocycles. The van der Waals surface area contributed by atoms with Crippen LogP contribution >= 0.6 is 0 Å². The van der Waals surface area contributed by atoms with Crippen LogP contribution in [0.5, 0.6) is 0 Å². The van der Waals surface area contributed by atoms with Gasteiger partial charge in [0.2, 0.25) is 0 Å². The molecule has 4 nitrogen and oxygen atoms in total. The number of para-hydroxylation sites is 1. The first-order chi connectivity index (χ1) is 8.50. The Morgan fingerprint density at radius 3 is 2.83 bits per heavy atom. The molecule has 1 aromatic heterocycles. The number of pyridine rings is 1. The van der Waals surface area contributed by atoms with E-state index >= 15 is 0 Å². The zero-order valence-corrected chi connectivity index (χ0v) is 9.53. The van der Waals surface area contributed by atoms with E-state index in [1.54, 1.807) is 13.0 Å². The van der Waals surface area contributed by atoms with Gasteiger partial charge in [-0.3, -0.25) is 4.79 Å². The Morgan fingerprint density at radius 1 is 1.44 bits per heavy atom. The second kappa shape index (κ2) is 4.44. The molecule has 18 heavy (non-hydrogen) atoms. The Kier molecular flexibility index (Phi) is 2.97. The molecule has 5 heteroatoms. The highest BCUT2D eigenvalue weighted by atomic mass is 19.1. The lowest BCUT2D eigenvalue weighted by Crippen LogP contribution is -2.12. The Morgan fingerprint density at radius 2 is 2.17 bits per heavy atom. The van der Waals surface area contributed by atoms with E-state index in [-0.39, 0.29) is 11.1 Å². The van der Waals surface area contributed by atoms with Crippen LogP contribution in [0.25, 0.3) is 17.0 Å². The number of H-pyrrole nitrogens is 1.